The second kappa shape index (κ2) is 6.22. The quantitative estimate of drug-likeness (QED) is 0.431. The number of hydrogen-bond donors (Lipinski definition) is 0. The predicted octanol–water partition coefficient (Wildman–Crippen LogP) is 7.93. The third-order valence-electron chi connectivity index (χ3n) is 10.1. The number of rotatable bonds is 1. The van der Waals surface area contributed by atoms with E-state index in [9.17, 15) is 0 Å². The Hall–Kier alpha value is -1.56. The Morgan fingerprint density at radius 2 is 1.72 bits per heavy atom. The van der Waals surface area contributed by atoms with Crippen LogP contribution in [-0.2, 0) is 0 Å². The van der Waals surface area contributed by atoms with Crippen molar-refractivity contribution in [1.82, 2.24) is 0 Å². The topological polar surface area (TPSA) is 0 Å². The van der Waals surface area contributed by atoms with Crippen molar-refractivity contribution in [1.29, 1.82) is 0 Å². The van der Waals surface area contributed by atoms with Gasteiger partial charge in [-0.2, -0.15) is 0 Å². The molecule has 0 radical (unpaired) electrons. The van der Waals surface area contributed by atoms with Gasteiger partial charge in [0.15, 0.2) is 0 Å². The second-order valence-electron chi connectivity index (χ2n) is 11.4. The molecule has 152 valence electrons. The van der Waals surface area contributed by atoms with Gasteiger partial charge in [-0.3, -0.25) is 0 Å². The smallest absolute Gasteiger partial charge is 0.0243 e. The van der Waals surface area contributed by atoms with Crippen LogP contribution in [0.1, 0.15) is 82.8 Å². The van der Waals surface area contributed by atoms with Crippen molar-refractivity contribution < 1.29 is 0 Å². The zero-order chi connectivity index (χ0) is 19.8. The van der Waals surface area contributed by atoms with E-state index < -0.39 is 0 Å². The normalized spacial score (nSPS) is 45.0. The highest BCUT2D eigenvalue weighted by Gasteiger charge is 2.57. The van der Waals surface area contributed by atoms with Gasteiger partial charge in [-0.1, -0.05) is 80.5 Å². The van der Waals surface area contributed by atoms with Crippen LogP contribution in [0, 0.1) is 34.5 Å². The fourth-order valence-corrected chi connectivity index (χ4v) is 8.45. The summed E-state index contributed by atoms with van der Waals surface area (Å²) in [5.41, 5.74) is 7.46. The summed E-state index contributed by atoms with van der Waals surface area (Å²) in [7, 11) is 0. The zero-order valence-corrected chi connectivity index (χ0v) is 18.5. The lowest BCUT2D eigenvalue weighted by Crippen LogP contribution is -2.49. The van der Waals surface area contributed by atoms with Crippen molar-refractivity contribution >= 4 is 6.08 Å². The molecule has 0 N–H and O–H groups in total. The van der Waals surface area contributed by atoms with E-state index in [2.05, 4.69) is 69.3 Å². The Labute approximate surface area is 177 Å². The average molecular weight is 385 g/mol. The number of benzene rings is 1. The monoisotopic (exact) mass is 384 g/mol. The van der Waals surface area contributed by atoms with Gasteiger partial charge < -0.3 is 0 Å². The first-order valence-corrected chi connectivity index (χ1v) is 12.2. The molecule has 1 aromatic rings. The molecule has 5 aliphatic rings. The van der Waals surface area contributed by atoms with E-state index in [1.54, 1.807) is 11.1 Å². The molecule has 0 heterocycles. The fraction of sp³-hybridized carbons (Fsp3) is 0.586. The lowest BCUT2D eigenvalue weighted by Gasteiger charge is -2.58. The van der Waals surface area contributed by atoms with Crippen molar-refractivity contribution in [3.63, 3.8) is 0 Å². The summed E-state index contributed by atoms with van der Waals surface area (Å²) < 4.78 is 0. The van der Waals surface area contributed by atoms with Crippen molar-refractivity contribution in [3.05, 3.63) is 64.8 Å². The van der Waals surface area contributed by atoms with E-state index in [0.29, 0.717) is 16.7 Å². The van der Waals surface area contributed by atoms with Crippen LogP contribution in [0.2, 0.25) is 0 Å². The first-order valence-electron chi connectivity index (χ1n) is 12.2. The molecule has 2 fully saturated rings. The van der Waals surface area contributed by atoms with Gasteiger partial charge in [-0.05, 0) is 90.6 Å². The average Bonchev–Trinajstić information content (AvgIpc) is 3.29. The van der Waals surface area contributed by atoms with E-state index in [0.717, 1.165) is 23.7 Å². The van der Waals surface area contributed by atoms with Gasteiger partial charge in [0.1, 0.15) is 0 Å². The molecule has 4 unspecified atom stereocenters. The first kappa shape index (κ1) is 18.2. The second-order valence-corrected chi connectivity index (χ2v) is 11.4. The Morgan fingerprint density at radius 1 is 0.897 bits per heavy atom. The molecule has 0 aromatic heterocycles. The highest BCUT2D eigenvalue weighted by atomic mass is 14.6. The third kappa shape index (κ3) is 2.44. The molecule has 0 aliphatic heterocycles. The molecule has 5 aliphatic carbocycles. The van der Waals surface area contributed by atoms with Crippen LogP contribution in [-0.4, -0.2) is 0 Å². The van der Waals surface area contributed by atoms with Crippen LogP contribution in [0.3, 0.4) is 0 Å². The highest BCUT2D eigenvalue weighted by Crippen LogP contribution is 2.67. The Bertz CT molecular complexity index is 929. The van der Waals surface area contributed by atoms with Gasteiger partial charge in [0.05, 0.1) is 0 Å². The molecule has 1 aromatic carbocycles. The van der Waals surface area contributed by atoms with Gasteiger partial charge in [0.25, 0.3) is 0 Å². The van der Waals surface area contributed by atoms with Crippen molar-refractivity contribution in [2.45, 2.75) is 71.6 Å². The molecule has 0 saturated heterocycles. The van der Waals surface area contributed by atoms with Crippen LogP contribution in [0.15, 0.2) is 53.6 Å². The standard InChI is InChI=1S/C29H36/c1-19-14-16-28(2)21(18-19)9-11-24-26-13-12-25(29(26,3)17-15-27(24)28)23-10-8-20-6-4-5-7-22(20)23/h4-10,12,19,23-24,26-27H,11,13-18H2,1-3H3/t19-,23?,24?,26?,27?,28-,29+/m0/s1. The summed E-state index contributed by atoms with van der Waals surface area (Å²) in [6.45, 7) is 7.74. The summed E-state index contributed by atoms with van der Waals surface area (Å²) in [5, 5.41) is 0. The van der Waals surface area contributed by atoms with Crippen LogP contribution in [0.5, 0.6) is 0 Å². The molecule has 0 bridgehead atoms. The zero-order valence-electron chi connectivity index (χ0n) is 18.5. The van der Waals surface area contributed by atoms with Gasteiger partial charge in [-0.15, -0.1) is 0 Å². The third-order valence-corrected chi connectivity index (χ3v) is 10.1. The Morgan fingerprint density at radius 3 is 2.62 bits per heavy atom. The van der Waals surface area contributed by atoms with Crippen molar-refractivity contribution in [2.24, 2.45) is 34.5 Å². The van der Waals surface area contributed by atoms with E-state index in [1.165, 1.54) is 50.5 Å². The molecule has 2 saturated carbocycles. The van der Waals surface area contributed by atoms with Crippen molar-refractivity contribution in [2.75, 3.05) is 0 Å². The van der Waals surface area contributed by atoms with E-state index >= 15 is 0 Å². The molecule has 0 heteroatoms. The summed E-state index contributed by atoms with van der Waals surface area (Å²) in [4.78, 5) is 0. The molecule has 7 atom stereocenters. The van der Waals surface area contributed by atoms with Gasteiger partial charge in [0, 0.05) is 5.92 Å². The SMILES string of the molecule is C[C@H]1CC[C@@]2(C)C(=CCC3C2CC[C@]2(C)C(C4C=Cc5ccccc54)=CCC32)C1. The highest BCUT2D eigenvalue weighted by molar-refractivity contribution is 5.65. The molecule has 0 amide bonds. The molecule has 29 heavy (non-hydrogen) atoms. The van der Waals surface area contributed by atoms with Crippen LogP contribution in [0.25, 0.3) is 6.08 Å². The molecule has 0 nitrogen and oxygen atoms in total. The lowest BCUT2D eigenvalue weighted by atomic mass is 9.46. The maximum Gasteiger partial charge on any atom is 0.0243 e. The Kier molecular flexibility index (Phi) is 3.91. The largest absolute Gasteiger partial charge is 0.0845 e. The number of hydrogen-bond acceptors (Lipinski definition) is 0. The van der Waals surface area contributed by atoms with Crippen LogP contribution < -0.4 is 0 Å². The van der Waals surface area contributed by atoms with Gasteiger partial charge in [-0.25, -0.2) is 0 Å². The maximum atomic E-state index is 2.71. The number of fused-ring (bicyclic) bond motifs is 6. The van der Waals surface area contributed by atoms with Gasteiger partial charge >= 0.3 is 0 Å². The van der Waals surface area contributed by atoms with Crippen LogP contribution in [0.4, 0.5) is 0 Å². The number of allylic oxidation sites excluding steroid dienone is 5. The van der Waals surface area contributed by atoms with Gasteiger partial charge in [0.2, 0.25) is 0 Å². The molecule has 0 spiro atoms. The Balaban J connectivity index is 1.32. The molecular weight excluding hydrogens is 348 g/mol. The molecule has 6 rings (SSSR count). The van der Waals surface area contributed by atoms with E-state index in [4.69, 9.17) is 0 Å². The maximum absolute atomic E-state index is 2.71. The summed E-state index contributed by atoms with van der Waals surface area (Å²) in [6.07, 6.45) is 20.0. The van der Waals surface area contributed by atoms with Crippen LogP contribution >= 0.6 is 0 Å². The minimum atomic E-state index is 0.400. The minimum Gasteiger partial charge on any atom is -0.0845 e. The summed E-state index contributed by atoms with van der Waals surface area (Å²) in [6, 6.07) is 9.06. The summed E-state index contributed by atoms with van der Waals surface area (Å²) >= 11 is 0. The lowest BCUT2D eigenvalue weighted by molar-refractivity contribution is -0.0213. The minimum absolute atomic E-state index is 0.400. The van der Waals surface area contributed by atoms with Crippen molar-refractivity contribution in [3.8, 4) is 0 Å². The molecular formula is C29H36. The van der Waals surface area contributed by atoms with E-state index in [1.807, 2.05) is 5.57 Å². The first-order chi connectivity index (χ1) is 14.0. The predicted molar refractivity (Wildman–Crippen MR) is 123 cm³/mol. The fourth-order valence-electron chi connectivity index (χ4n) is 8.45. The summed E-state index contributed by atoms with van der Waals surface area (Å²) in [5.74, 6) is 4.09. The van der Waals surface area contributed by atoms with E-state index in [-0.39, 0.29) is 0 Å².